The van der Waals surface area contributed by atoms with Crippen molar-refractivity contribution in [3.63, 3.8) is 0 Å². The molecule has 0 aromatic heterocycles. The van der Waals surface area contributed by atoms with Crippen LogP contribution in [0.5, 0.6) is 5.75 Å². The third kappa shape index (κ3) is 4.46. The number of hydrogen-bond acceptors (Lipinski definition) is 3. The van der Waals surface area contributed by atoms with E-state index in [9.17, 15) is 21.6 Å². The Balaban J connectivity index is 3.27. The van der Waals surface area contributed by atoms with Gasteiger partial charge in [-0.25, -0.2) is 13.6 Å². The van der Waals surface area contributed by atoms with E-state index in [1.165, 1.54) is 6.07 Å². The third-order valence-electron chi connectivity index (χ3n) is 1.92. The SMILES string of the molecule is NS(=O)(=O)c1ccc(CCBr)cc1OC(F)(F)F. The topological polar surface area (TPSA) is 69.4 Å². The maximum atomic E-state index is 12.2. The van der Waals surface area contributed by atoms with Crippen LogP contribution < -0.4 is 9.88 Å². The van der Waals surface area contributed by atoms with Crippen LogP contribution in [-0.4, -0.2) is 20.1 Å². The highest BCUT2D eigenvalue weighted by atomic mass is 79.9. The Kier molecular flexibility index (Phi) is 4.62. The Morgan fingerprint density at radius 3 is 2.39 bits per heavy atom. The van der Waals surface area contributed by atoms with E-state index in [1.54, 1.807) is 0 Å². The number of ether oxygens (including phenoxy) is 1. The van der Waals surface area contributed by atoms with Crippen LogP contribution in [-0.2, 0) is 16.4 Å². The summed E-state index contributed by atoms with van der Waals surface area (Å²) in [5.41, 5.74) is 0.499. The van der Waals surface area contributed by atoms with E-state index in [-0.39, 0.29) is 0 Å². The van der Waals surface area contributed by atoms with Crippen molar-refractivity contribution in [2.24, 2.45) is 5.14 Å². The summed E-state index contributed by atoms with van der Waals surface area (Å²) in [4.78, 5) is -0.696. The molecule has 0 radical (unpaired) electrons. The van der Waals surface area contributed by atoms with Gasteiger partial charge in [-0.1, -0.05) is 22.0 Å². The monoisotopic (exact) mass is 347 g/mol. The van der Waals surface area contributed by atoms with Gasteiger partial charge in [-0.3, -0.25) is 0 Å². The molecule has 0 fully saturated rings. The summed E-state index contributed by atoms with van der Waals surface area (Å²) >= 11 is 3.12. The Morgan fingerprint density at radius 1 is 1.33 bits per heavy atom. The van der Waals surface area contributed by atoms with Crippen LogP contribution in [0.2, 0.25) is 0 Å². The molecule has 1 aromatic carbocycles. The van der Waals surface area contributed by atoms with Gasteiger partial charge >= 0.3 is 6.36 Å². The van der Waals surface area contributed by atoms with Gasteiger partial charge in [0, 0.05) is 5.33 Å². The van der Waals surface area contributed by atoms with Crippen LogP contribution in [0, 0.1) is 0 Å². The molecule has 0 aliphatic heterocycles. The number of aryl methyl sites for hydroxylation is 1. The Labute approximate surface area is 110 Å². The lowest BCUT2D eigenvalue weighted by atomic mass is 10.2. The van der Waals surface area contributed by atoms with Crippen molar-refractivity contribution >= 4 is 26.0 Å². The molecular formula is C9H9BrF3NO3S. The number of hydrogen-bond donors (Lipinski definition) is 1. The molecule has 0 heterocycles. The van der Waals surface area contributed by atoms with Crippen molar-refractivity contribution in [3.05, 3.63) is 23.8 Å². The fourth-order valence-corrected chi connectivity index (χ4v) is 2.35. The largest absolute Gasteiger partial charge is 0.573 e. The van der Waals surface area contributed by atoms with E-state index in [0.29, 0.717) is 17.3 Å². The van der Waals surface area contributed by atoms with E-state index in [0.717, 1.165) is 12.1 Å². The number of benzene rings is 1. The molecule has 0 bridgehead atoms. The Morgan fingerprint density at radius 2 is 1.94 bits per heavy atom. The van der Waals surface area contributed by atoms with Gasteiger partial charge in [0.2, 0.25) is 10.0 Å². The van der Waals surface area contributed by atoms with E-state index in [4.69, 9.17) is 5.14 Å². The maximum Gasteiger partial charge on any atom is 0.573 e. The molecule has 0 unspecified atom stereocenters. The van der Waals surface area contributed by atoms with Gasteiger partial charge in [0.05, 0.1) is 0 Å². The number of nitrogens with two attached hydrogens (primary N) is 1. The quantitative estimate of drug-likeness (QED) is 0.848. The van der Waals surface area contributed by atoms with E-state index >= 15 is 0 Å². The molecule has 0 amide bonds. The van der Waals surface area contributed by atoms with E-state index < -0.39 is 27.0 Å². The molecule has 102 valence electrons. The minimum absolute atomic E-state index is 0.430. The van der Waals surface area contributed by atoms with Crippen LogP contribution in [0.3, 0.4) is 0 Å². The molecule has 0 saturated carbocycles. The zero-order chi connectivity index (χ0) is 14.0. The van der Waals surface area contributed by atoms with Crippen LogP contribution in [0.15, 0.2) is 23.1 Å². The third-order valence-corrected chi connectivity index (χ3v) is 3.27. The fourth-order valence-electron chi connectivity index (χ4n) is 1.26. The highest BCUT2D eigenvalue weighted by molar-refractivity contribution is 9.09. The summed E-state index contributed by atoms with van der Waals surface area (Å²) in [5, 5.41) is 5.34. The standard InChI is InChI=1S/C9H9BrF3NO3S/c10-4-3-6-1-2-8(18(14,15)16)7(5-6)17-9(11,12)13/h1-2,5H,3-4H2,(H2,14,15,16). The number of rotatable bonds is 4. The first-order chi connectivity index (χ1) is 8.13. The number of primary sulfonamides is 1. The van der Waals surface area contributed by atoms with Gasteiger partial charge in [-0.2, -0.15) is 0 Å². The number of halogens is 4. The highest BCUT2D eigenvalue weighted by Crippen LogP contribution is 2.30. The van der Waals surface area contributed by atoms with Crippen LogP contribution >= 0.6 is 15.9 Å². The molecule has 0 aliphatic carbocycles. The molecule has 1 aromatic rings. The lowest BCUT2D eigenvalue weighted by Crippen LogP contribution is -2.21. The summed E-state index contributed by atoms with van der Waals surface area (Å²) in [6.45, 7) is 0. The summed E-state index contributed by atoms with van der Waals surface area (Å²) in [5.74, 6) is -0.816. The summed E-state index contributed by atoms with van der Waals surface area (Å²) in [6.07, 6.45) is -4.55. The van der Waals surface area contributed by atoms with Gasteiger partial charge in [0.15, 0.2) is 0 Å². The van der Waals surface area contributed by atoms with Gasteiger partial charge in [0.25, 0.3) is 0 Å². The van der Waals surface area contributed by atoms with Gasteiger partial charge in [-0.05, 0) is 24.1 Å². The molecule has 0 atom stereocenters. The molecular weight excluding hydrogens is 339 g/mol. The lowest BCUT2D eigenvalue weighted by Gasteiger charge is -2.13. The second-order valence-electron chi connectivity index (χ2n) is 3.31. The molecule has 1 rings (SSSR count). The molecule has 18 heavy (non-hydrogen) atoms. The van der Waals surface area contributed by atoms with Crippen molar-refractivity contribution in [2.45, 2.75) is 17.7 Å². The normalized spacial score (nSPS) is 12.5. The molecule has 2 N–H and O–H groups in total. The molecule has 0 spiro atoms. The Bertz CT molecular complexity index is 530. The molecule has 0 saturated heterocycles. The van der Waals surface area contributed by atoms with Crippen molar-refractivity contribution in [1.82, 2.24) is 0 Å². The van der Waals surface area contributed by atoms with Crippen LogP contribution in [0.1, 0.15) is 5.56 Å². The van der Waals surface area contributed by atoms with Crippen molar-refractivity contribution in [3.8, 4) is 5.75 Å². The van der Waals surface area contributed by atoms with Crippen LogP contribution in [0.4, 0.5) is 13.2 Å². The molecule has 4 nitrogen and oxygen atoms in total. The van der Waals surface area contributed by atoms with Gasteiger partial charge in [-0.15, -0.1) is 13.2 Å². The van der Waals surface area contributed by atoms with Crippen LogP contribution in [0.25, 0.3) is 0 Å². The van der Waals surface area contributed by atoms with E-state index in [2.05, 4.69) is 20.7 Å². The number of alkyl halides is 4. The Hall–Kier alpha value is -0.800. The zero-order valence-electron chi connectivity index (χ0n) is 8.87. The van der Waals surface area contributed by atoms with Crippen molar-refractivity contribution in [1.29, 1.82) is 0 Å². The van der Waals surface area contributed by atoms with Crippen molar-refractivity contribution in [2.75, 3.05) is 5.33 Å². The van der Waals surface area contributed by atoms with Crippen molar-refractivity contribution < 1.29 is 26.3 Å². The molecule has 0 aliphatic rings. The summed E-state index contributed by atoms with van der Waals surface area (Å²) in [6, 6.07) is 3.38. The summed E-state index contributed by atoms with van der Waals surface area (Å²) in [7, 11) is -4.27. The fraction of sp³-hybridized carbons (Fsp3) is 0.333. The first kappa shape index (κ1) is 15.3. The number of sulfonamides is 1. The highest BCUT2D eigenvalue weighted by Gasteiger charge is 2.33. The smallest absolute Gasteiger partial charge is 0.404 e. The first-order valence-corrected chi connectivity index (χ1v) is 7.27. The second-order valence-corrected chi connectivity index (χ2v) is 5.64. The average Bonchev–Trinajstić information content (AvgIpc) is 2.13. The minimum atomic E-state index is -4.98. The lowest BCUT2D eigenvalue weighted by molar-refractivity contribution is -0.275. The predicted octanol–water partition coefficient (Wildman–Crippen LogP) is 2.17. The molecule has 9 heteroatoms. The second kappa shape index (κ2) is 5.45. The van der Waals surface area contributed by atoms with E-state index in [1.807, 2.05) is 0 Å². The zero-order valence-corrected chi connectivity index (χ0v) is 11.3. The maximum absolute atomic E-state index is 12.2. The first-order valence-electron chi connectivity index (χ1n) is 4.61. The predicted molar refractivity (Wildman–Crippen MR) is 62.0 cm³/mol. The van der Waals surface area contributed by atoms with Gasteiger partial charge < -0.3 is 4.74 Å². The van der Waals surface area contributed by atoms with Gasteiger partial charge in [0.1, 0.15) is 10.6 Å². The summed E-state index contributed by atoms with van der Waals surface area (Å²) < 4.78 is 62.4. The minimum Gasteiger partial charge on any atom is -0.404 e. The average molecular weight is 348 g/mol.